The third-order valence-corrected chi connectivity index (χ3v) is 5.06. The Bertz CT molecular complexity index is 684. The van der Waals surface area contributed by atoms with Gasteiger partial charge in [-0.25, -0.2) is 4.98 Å². The number of benzene rings is 1. The summed E-state index contributed by atoms with van der Waals surface area (Å²) < 4.78 is 0. The molecule has 1 aliphatic heterocycles. The van der Waals surface area contributed by atoms with Gasteiger partial charge in [0.15, 0.2) is 0 Å². The van der Waals surface area contributed by atoms with E-state index in [2.05, 4.69) is 46.1 Å². The average Bonchev–Trinajstić information content (AvgIpc) is 3.02. The van der Waals surface area contributed by atoms with Crippen molar-refractivity contribution in [2.75, 3.05) is 31.9 Å². The number of hydrogen-bond donors (Lipinski definition) is 4. The molecule has 2 aromatic rings. The Hall–Kier alpha value is -1.66. The first kappa shape index (κ1) is 19.1. The van der Waals surface area contributed by atoms with Crippen LogP contribution in [0.4, 0.5) is 5.82 Å². The highest BCUT2D eigenvalue weighted by atomic mass is 35.5. The topological polar surface area (TPSA) is 75.0 Å². The predicted octanol–water partition coefficient (Wildman–Crippen LogP) is 2.14. The maximum Gasteiger partial charge on any atom is 0.123 e. The maximum absolute atomic E-state index is 5.91. The number of nitrogens with two attached hydrogens (primary N) is 1. The van der Waals surface area contributed by atoms with E-state index in [4.69, 9.17) is 17.3 Å². The average molecular weight is 374 g/mol. The van der Waals surface area contributed by atoms with E-state index in [0.29, 0.717) is 17.8 Å². The van der Waals surface area contributed by atoms with Crippen LogP contribution < -0.4 is 21.7 Å². The fourth-order valence-electron chi connectivity index (χ4n) is 3.51. The summed E-state index contributed by atoms with van der Waals surface area (Å²) in [7, 11) is 0. The Morgan fingerprint density at radius 2 is 2.00 bits per heavy atom. The molecule has 0 amide bonds. The number of nitrogens with zero attached hydrogens (tertiary/aromatic N) is 1. The fourth-order valence-corrected chi connectivity index (χ4v) is 3.63. The second-order valence-electron chi connectivity index (χ2n) is 7.05. The van der Waals surface area contributed by atoms with Crippen LogP contribution in [0.15, 0.2) is 36.4 Å². The third kappa shape index (κ3) is 5.68. The summed E-state index contributed by atoms with van der Waals surface area (Å²) in [6.45, 7) is 6.82. The van der Waals surface area contributed by atoms with Gasteiger partial charge in [-0.05, 0) is 61.2 Å². The smallest absolute Gasteiger partial charge is 0.123 e. The van der Waals surface area contributed by atoms with Crippen molar-refractivity contribution in [2.45, 2.75) is 25.9 Å². The molecule has 1 fully saturated rings. The van der Waals surface area contributed by atoms with Gasteiger partial charge in [0.2, 0.25) is 0 Å². The highest BCUT2D eigenvalue weighted by Gasteiger charge is 2.26. The molecule has 1 aromatic carbocycles. The molecule has 26 heavy (non-hydrogen) atoms. The zero-order chi connectivity index (χ0) is 18.4. The molecule has 1 aromatic heterocycles. The first-order valence-corrected chi connectivity index (χ1v) is 9.60. The van der Waals surface area contributed by atoms with Gasteiger partial charge in [-0.15, -0.1) is 0 Å². The number of rotatable bonds is 8. The lowest BCUT2D eigenvalue weighted by Gasteiger charge is -2.20. The zero-order valence-corrected chi connectivity index (χ0v) is 16.0. The minimum atomic E-state index is 0.468. The van der Waals surface area contributed by atoms with Crippen LogP contribution in [0, 0.1) is 12.8 Å². The molecule has 1 aliphatic rings. The van der Waals surface area contributed by atoms with Crippen LogP contribution >= 0.6 is 11.6 Å². The van der Waals surface area contributed by atoms with Crippen molar-refractivity contribution in [1.82, 2.24) is 20.9 Å². The normalized spacial score (nSPS) is 19.8. The van der Waals surface area contributed by atoms with E-state index in [0.717, 1.165) is 49.9 Å². The second-order valence-corrected chi connectivity index (χ2v) is 7.48. The van der Waals surface area contributed by atoms with E-state index in [1.165, 1.54) is 11.1 Å². The van der Waals surface area contributed by atoms with Crippen molar-refractivity contribution in [2.24, 2.45) is 5.92 Å². The quantitative estimate of drug-likeness (QED) is 0.533. The van der Waals surface area contributed by atoms with Crippen LogP contribution in [0.3, 0.4) is 0 Å². The van der Waals surface area contributed by atoms with Crippen molar-refractivity contribution in [3.05, 3.63) is 58.2 Å². The number of halogens is 1. The van der Waals surface area contributed by atoms with Gasteiger partial charge in [0.05, 0.1) is 0 Å². The molecule has 5 N–H and O–H groups in total. The van der Waals surface area contributed by atoms with Gasteiger partial charge in [0.25, 0.3) is 0 Å². The van der Waals surface area contributed by atoms with Crippen molar-refractivity contribution >= 4 is 17.4 Å². The molecule has 2 heterocycles. The van der Waals surface area contributed by atoms with E-state index < -0.39 is 0 Å². The molecule has 0 radical (unpaired) electrons. The van der Waals surface area contributed by atoms with Crippen molar-refractivity contribution in [3.63, 3.8) is 0 Å². The first-order valence-electron chi connectivity index (χ1n) is 9.22. The van der Waals surface area contributed by atoms with E-state index in [1.54, 1.807) is 0 Å². The molecule has 0 spiro atoms. The SMILES string of the molecule is Cc1cc(N)nc(C[C@@H]2CNC[C@@H]2NCCNCc2ccc(Cl)cc2)c1. The lowest BCUT2D eigenvalue weighted by atomic mass is 9.97. The highest BCUT2D eigenvalue weighted by Crippen LogP contribution is 2.17. The lowest BCUT2D eigenvalue weighted by molar-refractivity contribution is 0.419. The summed E-state index contributed by atoms with van der Waals surface area (Å²) in [5.41, 5.74) is 9.39. The van der Waals surface area contributed by atoms with Gasteiger partial charge in [-0.3, -0.25) is 0 Å². The number of aromatic nitrogens is 1. The van der Waals surface area contributed by atoms with E-state index >= 15 is 0 Å². The lowest BCUT2D eigenvalue weighted by Crippen LogP contribution is -2.40. The van der Waals surface area contributed by atoms with E-state index in [9.17, 15) is 0 Å². The molecule has 2 atom stereocenters. The standard InChI is InChI=1S/C20H28ClN5/c1-14-8-18(26-20(22)9-14)10-16-12-24-13-19(16)25-7-6-23-11-15-2-4-17(21)5-3-15/h2-5,8-9,16,19,23-25H,6-7,10-13H2,1H3,(H2,22,26)/t16-,19+/m1/s1. The summed E-state index contributed by atoms with van der Waals surface area (Å²) >= 11 is 5.91. The Balaban J connectivity index is 1.40. The number of hydrogen-bond acceptors (Lipinski definition) is 5. The first-order chi connectivity index (χ1) is 12.6. The number of aryl methyl sites for hydroxylation is 1. The molecule has 6 heteroatoms. The molecule has 0 unspecified atom stereocenters. The van der Waals surface area contributed by atoms with Crippen LogP contribution in [0.2, 0.25) is 5.02 Å². The van der Waals surface area contributed by atoms with Crippen LogP contribution in [0.5, 0.6) is 0 Å². The second kappa shape index (κ2) is 9.33. The number of nitrogen functional groups attached to an aromatic ring is 1. The minimum Gasteiger partial charge on any atom is -0.384 e. The molecular formula is C20H28ClN5. The highest BCUT2D eigenvalue weighted by molar-refractivity contribution is 6.30. The van der Waals surface area contributed by atoms with E-state index in [-0.39, 0.29) is 0 Å². The largest absolute Gasteiger partial charge is 0.384 e. The van der Waals surface area contributed by atoms with Gasteiger partial charge in [0.1, 0.15) is 5.82 Å². The van der Waals surface area contributed by atoms with Crippen LogP contribution in [0.25, 0.3) is 0 Å². The van der Waals surface area contributed by atoms with Crippen LogP contribution in [-0.2, 0) is 13.0 Å². The molecule has 3 rings (SSSR count). The van der Waals surface area contributed by atoms with E-state index in [1.807, 2.05) is 18.2 Å². The van der Waals surface area contributed by atoms with Gasteiger partial charge in [-0.1, -0.05) is 23.7 Å². The number of anilines is 1. The Labute approximate surface area is 160 Å². The summed E-state index contributed by atoms with van der Waals surface area (Å²) in [5.74, 6) is 1.15. The van der Waals surface area contributed by atoms with Crippen molar-refractivity contribution in [3.8, 4) is 0 Å². The Kier molecular flexibility index (Phi) is 6.86. The molecule has 5 nitrogen and oxygen atoms in total. The molecule has 0 aliphatic carbocycles. The molecule has 140 valence electrons. The summed E-state index contributed by atoms with van der Waals surface area (Å²) in [6.07, 6.45) is 0.953. The Morgan fingerprint density at radius 1 is 1.19 bits per heavy atom. The van der Waals surface area contributed by atoms with Gasteiger partial charge >= 0.3 is 0 Å². The van der Waals surface area contributed by atoms with Crippen molar-refractivity contribution < 1.29 is 0 Å². The number of nitrogens with one attached hydrogen (secondary N) is 3. The summed E-state index contributed by atoms with van der Waals surface area (Å²) in [6, 6.07) is 12.5. The van der Waals surface area contributed by atoms with Gasteiger partial charge < -0.3 is 21.7 Å². The molecular weight excluding hydrogens is 346 g/mol. The fraction of sp³-hybridized carbons (Fsp3) is 0.450. The predicted molar refractivity (Wildman–Crippen MR) is 108 cm³/mol. The van der Waals surface area contributed by atoms with Gasteiger partial charge in [-0.2, -0.15) is 0 Å². The van der Waals surface area contributed by atoms with Crippen molar-refractivity contribution in [1.29, 1.82) is 0 Å². The zero-order valence-electron chi connectivity index (χ0n) is 15.3. The van der Waals surface area contributed by atoms with Crippen LogP contribution in [0.1, 0.15) is 16.8 Å². The maximum atomic E-state index is 5.91. The molecule has 1 saturated heterocycles. The monoisotopic (exact) mass is 373 g/mol. The third-order valence-electron chi connectivity index (χ3n) is 4.80. The van der Waals surface area contributed by atoms with Crippen LogP contribution in [-0.4, -0.2) is 37.2 Å². The minimum absolute atomic E-state index is 0.468. The molecule has 0 bridgehead atoms. The summed E-state index contributed by atoms with van der Waals surface area (Å²) in [5, 5.41) is 11.4. The Morgan fingerprint density at radius 3 is 2.77 bits per heavy atom. The molecule has 0 saturated carbocycles. The number of pyridine rings is 1. The van der Waals surface area contributed by atoms with Gasteiger partial charge in [0, 0.05) is 42.9 Å². The summed E-state index contributed by atoms with van der Waals surface area (Å²) in [4.78, 5) is 4.48.